The summed E-state index contributed by atoms with van der Waals surface area (Å²) in [5.41, 5.74) is 1.74. The third kappa shape index (κ3) is 8.24. The van der Waals surface area contributed by atoms with Crippen molar-refractivity contribution in [1.29, 1.82) is 0 Å². The number of rotatable bonds is 11. The second-order valence-electron chi connectivity index (χ2n) is 5.22. The number of hydrogen-bond acceptors (Lipinski definition) is 0. The van der Waals surface area contributed by atoms with E-state index in [2.05, 4.69) is 19.1 Å². The molecule has 0 bridgehead atoms. The molecule has 1 radical (unpaired) electrons. The zero-order valence-corrected chi connectivity index (χ0v) is 11.4. The predicted molar refractivity (Wildman–Crippen MR) is 78.0 cm³/mol. The molecule has 1 rings (SSSR count). The third-order valence-corrected chi connectivity index (χ3v) is 3.62. The van der Waals surface area contributed by atoms with Crippen LogP contribution in [-0.2, 0) is 0 Å². The quantitative estimate of drug-likeness (QED) is 0.303. The lowest BCUT2D eigenvalue weighted by Crippen LogP contribution is -1.83. The van der Waals surface area contributed by atoms with E-state index in [4.69, 9.17) is 0 Å². The second kappa shape index (κ2) is 10.6. The molecule has 0 saturated heterocycles. The van der Waals surface area contributed by atoms with Crippen LogP contribution in [0.25, 0.3) is 0 Å². The van der Waals surface area contributed by atoms with Crippen LogP contribution in [0.5, 0.6) is 0 Å². The van der Waals surface area contributed by atoms with Gasteiger partial charge in [-0.2, -0.15) is 0 Å². The van der Waals surface area contributed by atoms with E-state index in [9.17, 15) is 0 Å². The summed E-state index contributed by atoms with van der Waals surface area (Å²) < 4.78 is 0. The minimum Gasteiger partial charge on any atom is -0.103 e. The molecule has 1 aliphatic rings. The second-order valence-corrected chi connectivity index (χ2v) is 5.22. The fraction of sp³-hybridized carbons (Fsp3) is 0.706. The lowest BCUT2D eigenvalue weighted by Gasteiger charge is -2.03. The van der Waals surface area contributed by atoms with Crippen molar-refractivity contribution < 1.29 is 0 Å². The maximum Gasteiger partial charge on any atom is -0.0317 e. The minimum atomic E-state index is 1.15. The summed E-state index contributed by atoms with van der Waals surface area (Å²) in [7, 11) is 0. The molecule has 0 spiro atoms. The Morgan fingerprint density at radius 1 is 1.00 bits per heavy atom. The molecule has 0 atom stereocenters. The molecule has 0 saturated carbocycles. The smallest absolute Gasteiger partial charge is 0.0317 e. The Hall–Kier alpha value is -0.520. The van der Waals surface area contributed by atoms with Gasteiger partial charge in [-0.05, 0) is 51.4 Å². The van der Waals surface area contributed by atoms with Gasteiger partial charge in [-0.25, -0.2) is 0 Å². The minimum absolute atomic E-state index is 1.15. The van der Waals surface area contributed by atoms with Gasteiger partial charge in [0.05, 0.1) is 0 Å². The molecule has 0 heteroatoms. The van der Waals surface area contributed by atoms with Crippen molar-refractivity contribution in [3.8, 4) is 0 Å². The van der Waals surface area contributed by atoms with Crippen LogP contribution in [0.4, 0.5) is 0 Å². The van der Waals surface area contributed by atoms with Crippen LogP contribution >= 0.6 is 0 Å². The Labute approximate surface area is 108 Å². The molecule has 0 heterocycles. The van der Waals surface area contributed by atoms with Gasteiger partial charge >= 0.3 is 0 Å². The Balaban J connectivity index is 1.73. The Kier molecular flexibility index (Phi) is 9.09. The van der Waals surface area contributed by atoms with E-state index in [1.807, 2.05) is 6.08 Å². The van der Waals surface area contributed by atoms with E-state index in [1.54, 1.807) is 5.57 Å². The first kappa shape index (κ1) is 14.5. The molecule has 0 unspecified atom stereocenters. The third-order valence-electron chi connectivity index (χ3n) is 3.62. The van der Waals surface area contributed by atoms with Crippen molar-refractivity contribution >= 4 is 0 Å². The first-order valence-electron chi connectivity index (χ1n) is 7.54. The van der Waals surface area contributed by atoms with Gasteiger partial charge in [-0.3, -0.25) is 0 Å². The maximum atomic E-state index is 3.74. The standard InChI is InChI=1S/C17H29/c1-2-3-4-5-6-7-8-9-10-11-14-17-15-12-13-16-17/h2,5,15H,1,3-4,6-14,16H2. The van der Waals surface area contributed by atoms with Crippen LogP contribution in [-0.4, -0.2) is 0 Å². The van der Waals surface area contributed by atoms with Gasteiger partial charge in [-0.1, -0.05) is 49.8 Å². The Bertz CT molecular complexity index is 212. The number of allylic oxidation sites excluding steroid dienone is 3. The lowest BCUT2D eigenvalue weighted by molar-refractivity contribution is 0.602. The highest BCUT2D eigenvalue weighted by atomic mass is 14.1. The molecule has 0 aromatic rings. The Morgan fingerprint density at radius 2 is 1.82 bits per heavy atom. The summed E-state index contributed by atoms with van der Waals surface area (Å²) >= 11 is 0. The number of unbranched alkanes of at least 4 members (excludes halogenated alkanes) is 8. The first-order chi connectivity index (χ1) is 8.43. The van der Waals surface area contributed by atoms with Crippen LogP contribution < -0.4 is 0 Å². The highest BCUT2D eigenvalue weighted by molar-refractivity contribution is 5.06. The summed E-state index contributed by atoms with van der Waals surface area (Å²) in [4.78, 5) is 0. The molecule has 0 aromatic heterocycles. The zero-order valence-electron chi connectivity index (χ0n) is 11.4. The molecule has 0 aromatic carbocycles. The van der Waals surface area contributed by atoms with Gasteiger partial charge in [-0.15, -0.1) is 6.58 Å². The molecule has 0 nitrogen and oxygen atoms in total. The van der Waals surface area contributed by atoms with E-state index in [0.717, 1.165) is 6.42 Å². The fourth-order valence-corrected chi connectivity index (χ4v) is 2.52. The van der Waals surface area contributed by atoms with Gasteiger partial charge in [0.25, 0.3) is 0 Å². The first-order valence-corrected chi connectivity index (χ1v) is 7.54. The average molecular weight is 233 g/mol. The van der Waals surface area contributed by atoms with Crippen LogP contribution in [0.1, 0.15) is 77.0 Å². The van der Waals surface area contributed by atoms with Gasteiger partial charge < -0.3 is 0 Å². The molecular weight excluding hydrogens is 204 g/mol. The average Bonchev–Trinajstić information content (AvgIpc) is 2.85. The van der Waals surface area contributed by atoms with Crippen LogP contribution in [0, 0.1) is 6.42 Å². The van der Waals surface area contributed by atoms with E-state index in [0.29, 0.717) is 0 Å². The molecule has 17 heavy (non-hydrogen) atoms. The predicted octanol–water partition coefficient (Wildman–Crippen LogP) is 6.00. The van der Waals surface area contributed by atoms with Crippen molar-refractivity contribution in [2.45, 2.75) is 77.0 Å². The van der Waals surface area contributed by atoms with E-state index < -0.39 is 0 Å². The van der Waals surface area contributed by atoms with E-state index in [1.165, 1.54) is 70.6 Å². The molecule has 0 fully saturated rings. The van der Waals surface area contributed by atoms with Gasteiger partial charge in [0.1, 0.15) is 0 Å². The van der Waals surface area contributed by atoms with Crippen molar-refractivity contribution in [2.24, 2.45) is 0 Å². The summed E-state index contributed by atoms with van der Waals surface area (Å²) in [5.74, 6) is 0. The largest absolute Gasteiger partial charge is 0.103 e. The number of hydrogen-bond donors (Lipinski definition) is 0. The zero-order chi connectivity index (χ0) is 12.2. The van der Waals surface area contributed by atoms with Crippen molar-refractivity contribution in [3.05, 3.63) is 30.7 Å². The summed E-state index contributed by atoms with van der Waals surface area (Å²) in [5, 5.41) is 0. The fourth-order valence-electron chi connectivity index (χ4n) is 2.52. The SMILES string of the molecule is C=CCC[CH]CCCCCCCC1=CCCC1. The Morgan fingerprint density at radius 3 is 2.59 bits per heavy atom. The topological polar surface area (TPSA) is 0 Å². The monoisotopic (exact) mass is 233 g/mol. The molecule has 97 valence electrons. The van der Waals surface area contributed by atoms with Gasteiger partial charge in [0, 0.05) is 0 Å². The molecule has 0 aliphatic heterocycles. The lowest BCUT2D eigenvalue weighted by atomic mass is 10.0. The maximum absolute atomic E-state index is 3.74. The molecular formula is C17H29. The van der Waals surface area contributed by atoms with Gasteiger partial charge in [0.2, 0.25) is 0 Å². The highest BCUT2D eigenvalue weighted by Crippen LogP contribution is 2.23. The molecule has 0 N–H and O–H groups in total. The van der Waals surface area contributed by atoms with Crippen molar-refractivity contribution in [1.82, 2.24) is 0 Å². The summed E-state index contributed by atoms with van der Waals surface area (Å²) in [6, 6.07) is 0. The van der Waals surface area contributed by atoms with Crippen LogP contribution in [0.2, 0.25) is 0 Å². The molecule has 0 amide bonds. The van der Waals surface area contributed by atoms with Crippen molar-refractivity contribution in [3.63, 3.8) is 0 Å². The van der Waals surface area contributed by atoms with Crippen LogP contribution in [0.15, 0.2) is 24.3 Å². The highest BCUT2D eigenvalue weighted by Gasteiger charge is 2.03. The van der Waals surface area contributed by atoms with Crippen molar-refractivity contribution in [2.75, 3.05) is 0 Å². The summed E-state index contributed by atoms with van der Waals surface area (Å²) in [6.07, 6.45) is 23.2. The van der Waals surface area contributed by atoms with Crippen LogP contribution in [0.3, 0.4) is 0 Å². The molecule has 1 aliphatic carbocycles. The normalized spacial score (nSPS) is 14.9. The summed E-state index contributed by atoms with van der Waals surface area (Å²) in [6.45, 7) is 3.74. The van der Waals surface area contributed by atoms with E-state index >= 15 is 0 Å². The van der Waals surface area contributed by atoms with Gasteiger partial charge in [0.15, 0.2) is 0 Å². The van der Waals surface area contributed by atoms with E-state index in [-0.39, 0.29) is 0 Å².